The Morgan fingerprint density at radius 1 is 0.960 bits per heavy atom. The van der Waals surface area contributed by atoms with E-state index in [0.29, 0.717) is 5.96 Å². The lowest BCUT2D eigenvalue weighted by Gasteiger charge is -2.33. The molecule has 25 heavy (non-hydrogen) atoms. The van der Waals surface area contributed by atoms with E-state index in [9.17, 15) is 5.11 Å². The average molecular weight is 338 g/mol. The van der Waals surface area contributed by atoms with Crippen LogP contribution in [-0.4, -0.2) is 41.6 Å². The fraction of sp³-hybridized carbons (Fsp3) is 0.400. The molecule has 2 heterocycles. The molecular formula is C20H26N4O. The van der Waals surface area contributed by atoms with Crippen molar-refractivity contribution >= 4 is 12.2 Å². The van der Waals surface area contributed by atoms with E-state index in [1.165, 1.54) is 12.8 Å². The van der Waals surface area contributed by atoms with Gasteiger partial charge >= 0.3 is 0 Å². The van der Waals surface area contributed by atoms with Gasteiger partial charge in [0.2, 0.25) is 5.96 Å². The molecule has 0 fully saturated rings. The van der Waals surface area contributed by atoms with Crippen molar-refractivity contribution in [1.82, 2.24) is 10.3 Å². The van der Waals surface area contributed by atoms with Gasteiger partial charge in [0.25, 0.3) is 0 Å². The first kappa shape index (κ1) is 17.4. The number of hydrogen-bond acceptors (Lipinski definition) is 5. The molecule has 3 aliphatic rings. The largest absolute Gasteiger partial charge is 0.368 e. The van der Waals surface area contributed by atoms with Gasteiger partial charge < -0.3 is 10.4 Å². The quantitative estimate of drug-likeness (QED) is 0.714. The topological polar surface area (TPSA) is 60.2 Å². The summed E-state index contributed by atoms with van der Waals surface area (Å²) in [5.41, 5.74) is 0.885. The molecular weight excluding hydrogens is 312 g/mol. The van der Waals surface area contributed by atoms with E-state index >= 15 is 0 Å². The molecule has 132 valence electrons. The second kappa shape index (κ2) is 9.18. The highest BCUT2D eigenvalue weighted by Crippen LogP contribution is 2.24. The summed E-state index contributed by atoms with van der Waals surface area (Å²) in [6.07, 6.45) is 23.4. The summed E-state index contributed by atoms with van der Waals surface area (Å²) in [5.74, 6) is 0.627. The maximum absolute atomic E-state index is 10.9. The first-order valence-corrected chi connectivity index (χ1v) is 9.04. The normalized spacial score (nSPS) is 33.1. The van der Waals surface area contributed by atoms with Gasteiger partial charge in [-0.05, 0) is 18.4 Å². The van der Waals surface area contributed by atoms with Crippen molar-refractivity contribution in [3.05, 3.63) is 60.3 Å². The molecule has 2 atom stereocenters. The van der Waals surface area contributed by atoms with Crippen LogP contribution < -0.4 is 5.32 Å². The smallest absolute Gasteiger partial charge is 0.217 e. The maximum atomic E-state index is 10.9. The highest BCUT2D eigenvalue weighted by Gasteiger charge is 2.30. The summed E-state index contributed by atoms with van der Waals surface area (Å²) in [4.78, 5) is 4.62. The number of hydrogen-bond donors (Lipinski definition) is 2. The maximum Gasteiger partial charge on any atom is 0.217 e. The Kier molecular flexibility index (Phi) is 6.40. The molecule has 2 aliphatic heterocycles. The summed E-state index contributed by atoms with van der Waals surface area (Å²) < 4.78 is 0. The van der Waals surface area contributed by atoms with Crippen molar-refractivity contribution in [1.29, 1.82) is 0 Å². The lowest BCUT2D eigenvalue weighted by atomic mass is 9.96. The standard InChI is InChI=1S/C20H26N4O/c25-19-18-13-9-5-3-1-2-4-8-12-17(18)16-23-24(19)20-21-14-10-6-7-11-15-22-20/h1-5,8-9,12-13,16-17,19,25H,6-7,10-11,14-15H2,(H,21,22)/b3-1-,4-2-,9-5-,12-8?,18-13+. The van der Waals surface area contributed by atoms with E-state index in [-0.39, 0.29) is 5.92 Å². The number of hydrazone groups is 1. The van der Waals surface area contributed by atoms with Crippen LogP contribution in [0.3, 0.4) is 0 Å². The van der Waals surface area contributed by atoms with Crippen LogP contribution in [0.15, 0.2) is 70.4 Å². The van der Waals surface area contributed by atoms with E-state index < -0.39 is 6.23 Å². The van der Waals surface area contributed by atoms with Crippen molar-refractivity contribution in [2.45, 2.75) is 31.9 Å². The van der Waals surface area contributed by atoms with Gasteiger partial charge in [-0.1, -0.05) is 67.5 Å². The van der Waals surface area contributed by atoms with Crippen LogP contribution in [0.4, 0.5) is 0 Å². The number of fused-ring (bicyclic) bond motifs is 1. The van der Waals surface area contributed by atoms with E-state index in [2.05, 4.69) is 15.4 Å². The third kappa shape index (κ3) is 4.79. The van der Waals surface area contributed by atoms with Gasteiger partial charge in [-0.3, -0.25) is 4.99 Å². The molecule has 0 aromatic heterocycles. The highest BCUT2D eigenvalue weighted by atomic mass is 16.3. The van der Waals surface area contributed by atoms with Crippen molar-refractivity contribution < 1.29 is 5.11 Å². The number of allylic oxidation sites excluding steroid dienone is 9. The fourth-order valence-electron chi connectivity index (χ4n) is 2.99. The molecule has 0 aromatic rings. The summed E-state index contributed by atoms with van der Waals surface area (Å²) in [6, 6.07) is 0. The second-order valence-corrected chi connectivity index (χ2v) is 6.26. The van der Waals surface area contributed by atoms with E-state index in [4.69, 9.17) is 0 Å². The Balaban J connectivity index is 1.86. The minimum atomic E-state index is -0.829. The van der Waals surface area contributed by atoms with Gasteiger partial charge in [-0.2, -0.15) is 5.10 Å². The summed E-state index contributed by atoms with van der Waals surface area (Å²) in [5, 5.41) is 20.3. The molecule has 5 nitrogen and oxygen atoms in total. The lowest BCUT2D eigenvalue weighted by molar-refractivity contribution is 0.0753. The Bertz CT molecular complexity index is 655. The minimum absolute atomic E-state index is 0.0319. The van der Waals surface area contributed by atoms with Crippen LogP contribution >= 0.6 is 0 Å². The zero-order valence-electron chi connectivity index (χ0n) is 14.5. The Hall–Kier alpha value is -2.40. The molecule has 0 aromatic carbocycles. The summed E-state index contributed by atoms with van der Waals surface area (Å²) >= 11 is 0. The lowest BCUT2D eigenvalue weighted by Crippen LogP contribution is -2.48. The Morgan fingerprint density at radius 3 is 2.60 bits per heavy atom. The predicted octanol–water partition coefficient (Wildman–Crippen LogP) is 2.91. The predicted molar refractivity (Wildman–Crippen MR) is 103 cm³/mol. The molecule has 2 N–H and O–H groups in total. The Morgan fingerprint density at radius 2 is 1.72 bits per heavy atom. The first-order chi connectivity index (χ1) is 12.4. The van der Waals surface area contributed by atoms with Gasteiger partial charge in [0.15, 0.2) is 6.23 Å². The molecule has 0 radical (unpaired) electrons. The highest BCUT2D eigenvalue weighted by molar-refractivity contribution is 5.83. The van der Waals surface area contributed by atoms with Crippen LogP contribution in [0, 0.1) is 5.92 Å². The molecule has 1 aliphatic carbocycles. The SMILES string of the molecule is OC1/C2=C/C=C\C=C/C=C\C=CC2C=NN1C1=NCCCCCCN1. The van der Waals surface area contributed by atoms with Crippen molar-refractivity contribution in [3.8, 4) is 0 Å². The number of aliphatic hydroxyl groups excluding tert-OH is 1. The third-order valence-electron chi connectivity index (χ3n) is 4.39. The van der Waals surface area contributed by atoms with Gasteiger partial charge in [-0.15, -0.1) is 0 Å². The number of rotatable bonds is 0. The van der Waals surface area contributed by atoms with E-state index in [0.717, 1.165) is 31.5 Å². The molecule has 0 spiro atoms. The monoisotopic (exact) mass is 338 g/mol. The second-order valence-electron chi connectivity index (χ2n) is 6.26. The first-order valence-electron chi connectivity index (χ1n) is 9.04. The zero-order valence-corrected chi connectivity index (χ0v) is 14.5. The zero-order chi connectivity index (χ0) is 17.3. The van der Waals surface area contributed by atoms with Crippen molar-refractivity contribution in [2.75, 3.05) is 13.1 Å². The van der Waals surface area contributed by atoms with Crippen LogP contribution in [0.1, 0.15) is 25.7 Å². The number of guanidine groups is 1. The van der Waals surface area contributed by atoms with Crippen LogP contribution in [0.5, 0.6) is 0 Å². The number of nitrogens with zero attached hydrogens (tertiary/aromatic N) is 3. The van der Waals surface area contributed by atoms with Crippen LogP contribution in [0.25, 0.3) is 0 Å². The van der Waals surface area contributed by atoms with Gasteiger partial charge in [0.1, 0.15) is 0 Å². The molecule has 0 bridgehead atoms. The third-order valence-corrected chi connectivity index (χ3v) is 4.39. The van der Waals surface area contributed by atoms with Crippen molar-refractivity contribution in [2.24, 2.45) is 16.0 Å². The molecule has 0 saturated heterocycles. The van der Waals surface area contributed by atoms with Gasteiger partial charge in [-0.25, -0.2) is 5.01 Å². The summed E-state index contributed by atoms with van der Waals surface area (Å²) in [6.45, 7) is 1.62. The van der Waals surface area contributed by atoms with E-state index in [1.54, 1.807) is 5.01 Å². The van der Waals surface area contributed by atoms with Gasteiger partial charge in [0.05, 0.1) is 0 Å². The molecule has 3 rings (SSSR count). The van der Waals surface area contributed by atoms with Crippen LogP contribution in [0.2, 0.25) is 0 Å². The molecule has 2 unspecified atom stereocenters. The number of nitrogens with one attached hydrogen (secondary N) is 1. The average Bonchev–Trinajstić information content (AvgIpc) is 2.71. The Labute approximate surface area is 149 Å². The van der Waals surface area contributed by atoms with E-state index in [1.807, 2.05) is 60.9 Å². The van der Waals surface area contributed by atoms with Crippen molar-refractivity contribution in [3.63, 3.8) is 0 Å². The fourth-order valence-corrected chi connectivity index (χ4v) is 2.99. The van der Waals surface area contributed by atoms with Crippen LogP contribution in [-0.2, 0) is 0 Å². The number of aliphatic hydroxyl groups is 1. The molecule has 0 amide bonds. The number of aliphatic imine (C=N–C) groups is 1. The summed E-state index contributed by atoms with van der Waals surface area (Å²) in [7, 11) is 0. The van der Waals surface area contributed by atoms with Gasteiger partial charge in [0, 0.05) is 25.2 Å². The molecule has 0 saturated carbocycles. The minimum Gasteiger partial charge on any atom is -0.368 e. The molecule has 5 heteroatoms.